The van der Waals surface area contributed by atoms with Gasteiger partial charge in [0.25, 0.3) is 0 Å². The molecule has 4 nitrogen and oxygen atoms in total. The number of carbonyl (C=O) groups excluding carboxylic acids is 2. The Balaban J connectivity index is 1.20. The van der Waals surface area contributed by atoms with Gasteiger partial charge < -0.3 is 4.90 Å². The van der Waals surface area contributed by atoms with E-state index in [0.717, 1.165) is 38.3 Å². The van der Waals surface area contributed by atoms with Crippen LogP contribution < -0.4 is 0 Å². The SMILES string of the molecule is CCC(=O)C1CCC2(CC1)CC(N1CCC(N3CCC[C@@H](C(=O)C(C)C)C3)CC1)C2. The molecule has 30 heavy (non-hydrogen) atoms. The summed E-state index contributed by atoms with van der Waals surface area (Å²) in [7, 11) is 0. The van der Waals surface area contributed by atoms with Gasteiger partial charge in [0.15, 0.2) is 0 Å². The minimum absolute atomic E-state index is 0.179. The first kappa shape index (κ1) is 22.5. The van der Waals surface area contributed by atoms with Crippen molar-refractivity contribution in [3.05, 3.63) is 0 Å². The lowest BCUT2D eigenvalue weighted by atomic mass is 9.56. The van der Waals surface area contributed by atoms with Gasteiger partial charge in [-0.2, -0.15) is 0 Å². The van der Waals surface area contributed by atoms with Crippen LogP contribution in [0.3, 0.4) is 0 Å². The number of hydrogen-bond acceptors (Lipinski definition) is 4. The molecule has 0 aromatic carbocycles. The number of rotatable bonds is 6. The predicted octanol–water partition coefficient (Wildman–Crippen LogP) is 4.71. The van der Waals surface area contributed by atoms with Crippen LogP contribution >= 0.6 is 0 Å². The van der Waals surface area contributed by atoms with Crippen molar-refractivity contribution in [2.75, 3.05) is 26.2 Å². The molecule has 0 bridgehead atoms. The van der Waals surface area contributed by atoms with Crippen molar-refractivity contribution in [3.63, 3.8) is 0 Å². The number of Topliss-reactive ketones (excluding diaryl/α,β-unsaturated/α-hetero) is 2. The average Bonchev–Trinajstić information content (AvgIpc) is 2.76. The van der Waals surface area contributed by atoms with E-state index in [1.54, 1.807) is 0 Å². The topological polar surface area (TPSA) is 40.6 Å². The van der Waals surface area contributed by atoms with Crippen LogP contribution in [0.15, 0.2) is 0 Å². The van der Waals surface area contributed by atoms with E-state index >= 15 is 0 Å². The van der Waals surface area contributed by atoms with E-state index in [4.69, 9.17) is 0 Å². The first-order valence-electron chi connectivity index (χ1n) is 13.0. The summed E-state index contributed by atoms with van der Waals surface area (Å²) < 4.78 is 0. The van der Waals surface area contributed by atoms with Crippen molar-refractivity contribution in [2.45, 2.75) is 103 Å². The molecule has 2 aliphatic carbocycles. The molecule has 4 fully saturated rings. The highest BCUT2D eigenvalue weighted by atomic mass is 16.1. The zero-order valence-corrected chi connectivity index (χ0v) is 19.7. The highest BCUT2D eigenvalue weighted by molar-refractivity contribution is 5.83. The fourth-order valence-electron chi connectivity index (χ4n) is 7.10. The highest BCUT2D eigenvalue weighted by Crippen LogP contribution is 2.54. The van der Waals surface area contributed by atoms with Gasteiger partial charge in [-0.15, -0.1) is 0 Å². The predicted molar refractivity (Wildman–Crippen MR) is 121 cm³/mol. The summed E-state index contributed by atoms with van der Waals surface area (Å²) in [5.41, 5.74) is 0.573. The van der Waals surface area contributed by atoms with Gasteiger partial charge in [-0.25, -0.2) is 0 Å². The minimum atomic E-state index is 0.179. The number of ketones is 2. The van der Waals surface area contributed by atoms with Crippen LogP contribution in [0, 0.1) is 23.2 Å². The molecule has 0 unspecified atom stereocenters. The third-order valence-corrected chi connectivity index (χ3v) is 9.14. The number of hydrogen-bond donors (Lipinski definition) is 0. The van der Waals surface area contributed by atoms with Crippen LogP contribution in [0.5, 0.6) is 0 Å². The Labute approximate surface area is 184 Å². The van der Waals surface area contributed by atoms with E-state index in [9.17, 15) is 9.59 Å². The Morgan fingerprint density at radius 1 is 0.867 bits per heavy atom. The van der Waals surface area contributed by atoms with E-state index in [1.807, 2.05) is 6.92 Å². The van der Waals surface area contributed by atoms with Crippen molar-refractivity contribution in [3.8, 4) is 0 Å². The van der Waals surface area contributed by atoms with E-state index in [-0.39, 0.29) is 11.8 Å². The van der Waals surface area contributed by atoms with Crippen LogP contribution in [0.25, 0.3) is 0 Å². The van der Waals surface area contributed by atoms with Crippen molar-refractivity contribution in [2.24, 2.45) is 23.2 Å². The van der Waals surface area contributed by atoms with Gasteiger partial charge >= 0.3 is 0 Å². The standard InChI is InChI=1S/C26H44N2O2/c1-4-24(29)20-7-11-26(12-8-20)16-23(17-26)27-14-9-22(10-15-27)28-13-5-6-21(18-28)25(30)19(2)3/h19-23H,4-18H2,1-3H3/t20?,21-,23?,26?/m1/s1. The van der Waals surface area contributed by atoms with Crippen LogP contribution in [0.1, 0.15) is 91.4 Å². The summed E-state index contributed by atoms with van der Waals surface area (Å²) in [4.78, 5) is 29.9. The largest absolute Gasteiger partial charge is 0.300 e. The van der Waals surface area contributed by atoms with Gasteiger partial charge in [0.05, 0.1) is 0 Å². The molecule has 0 amide bonds. The number of nitrogens with zero attached hydrogens (tertiary/aromatic N) is 2. The number of carbonyl (C=O) groups is 2. The van der Waals surface area contributed by atoms with Crippen LogP contribution in [-0.2, 0) is 9.59 Å². The van der Waals surface area contributed by atoms with Crippen LogP contribution in [0.4, 0.5) is 0 Å². The Hall–Kier alpha value is -0.740. The summed E-state index contributed by atoms with van der Waals surface area (Å²) in [5, 5.41) is 0. The third-order valence-electron chi connectivity index (χ3n) is 9.14. The second kappa shape index (κ2) is 9.40. The van der Waals surface area contributed by atoms with E-state index < -0.39 is 0 Å². The fourth-order valence-corrected chi connectivity index (χ4v) is 7.10. The Morgan fingerprint density at radius 2 is 1.53 bits per heavy atom. The maximum absolute atomic E-state index is 12.5. The van der Waals surface area contributed by atoms with E-state index in [0.29, 0.717) is 28.9 Å². The Morgan fingerprint density at radius 3 is 2.13 bits per heavy atom. The number of piperidine rings is 2. The zero-order chi connectivity index (χ0) is 21.3. The van der Waals surface area contributed by atoms with E-state index in [2.05, 4.69) is 23.6 Å². The molecular weight excluding hydrogens is 372 g/mol. The first-order chi connectivity index (χ1) is 14.4. The minimum Gasteiger partial charge on any atom is -0.300 e. The highest BCUT2D eigenvalue weighted by Gasteiger charge is 2.49. The number of likely N-dealkylation sites (tertiary alicyclic amines) is 2. The molecule has 0 N–H and O–H groups in total. The second-order valence-electron chi connectivity index (χ2n) is 11.3. The maximum atomic E-state index is 12.5. The van der Waals surface area contributed by atoms with Gasteiger partial charge in [0, 0.05) is 42.8 Å². The molecule has 2 saturated heterocycles. The van der Waals surface area contributed by atoms with Crippen molar-refractivity contribution < 1.29 is 9.59 Å². The summed E-state index contributed by atoms with van der Waals surface area (Å²) in [6.07, 6.45) is 13.2. The first-order valence-corrected chi connectivity index (χ1v) is 13.0. The molecule has 0 radical (unpaired) electrons. The Kier molecular flexibility index (Phi) is 7.04. The molecular formula is C26H44N2O2. The molecule has 4 rings (SSSR count). The lowest BCUT2D eigenvalue weighted by Gasteiger charge is -2.56. The monoisotopic (exact) mass is 416 g/mol. The van der Waals surface area contributed by atoms with Gasteiger partial charge in [-0.05, 0) is 89.3 Å². The van der Waals surface area contributed by atoms with Gasteiger partial charge in [0.2, 0.25) is 0 Å². The molecule has 2 heterocycles. The average molecular weight is 417 g/mol. The summed E-state index contributed by atoms with van der Waals surface area (Å²) in [6, 6.07) is 1.48. The quantitative estimate of drug-likeness (QED) is 0.629. The van der Waals surface area contributed by atoms with Crippen LogP contribution in [0.2, 0.25) is 0 Å². The smallest absolute Gasteiger partial charge is 0.139 e. The van der Waals surface area contributed by atoms with Crippen molar-refractivity contribution in [1.29, 1.82) is 0 Å². The Bertz CT molecular complexity index is 607. The molecule has 2 aliphatic heterocycles. The molecule has 1 spiro atoms. The molecule has 4 aliphatic rings. The normalized spacial score (nSPS) is 36.7. The zero-order valence-electron chi connectivity index (χ0n) is 19.7. The molecule has 0 aromatic heterocycles. The molecule has 0 aromatic rings. The summed E-state index contributed by atoms with van der Waals surface area (Å²) in [6.45, 7) is 10.8. The molecule has 1 atom stereocenters. The molecule has 170 valence electrons. The summed E-state index contributed by atoms with van der Waals surface area (Å²) in [5.74, 6) is 1.80. The lowest BCUT2D eigenvalue weighted by molar-refractivity contribution is -0.128. The molecule has 2 saturated carbocycles. The second-order valence-corrected chi connectivity index (χ2v) is 11.3. The van der Waals surface area contributed by atoms with Crippen LogP contribution in [-0.4, -0.2) is 59.6 Å². The van der Waals surface area contributed by atoms with Crippen molar-refractivity contribution in [1.82, 2.24) is 9.80 Å². The van der Waals surface area contributed by atoms with Gasteiger partial charge in [-0.3, -0.25) is 14.5 Å². The maximum Gasteiger partial charge on any atom is 0.139 e. The van der Waals surface area contributed by atoms with Crippen molar-refractivity contribution >= 4 is 11.6 Å². The summed E-state index contributed by atoms with van der Waals surface area (Å²) >= 11 is 0. The van der Waals surface area contributed by atoms with Gasteiger partial charge in [-0.1, -0.05) is 20.8 Å². The van der Waals surface area contributed by atoms with Gasteiger partial charge in [0.1, 0.15) is 11.6 Å². The lowest BCUT2D eigenvalue weighted by Crippen LogP contribution is -2.56. The fraction of sp³-hybridized carbons (Fsp3) is 0.923. The van der Waals surface area contributed by atoms with E-state index in [1.165, 1.54) is 64.6 Å². The molecule has 4 heteroatoms. The third kappa shape index (κ3) is 4.70.